The number of nitriles is 1. The van der Waals surface area contributed by atoms with Gasteiger partial charge in [-0.05, 0) is 24.6 Å². The number of carbonyl (C=O) groups is 1. The molecule has 0 heterocycles. The van der Waals surface area contributed by atoms with Crippen LogP contribution in [0.1, 0.15) is 29.3 Å². The van der Waals surface area contributed by atoms with Crippen molar-refractivity contribution in [2.24, 2.45) is 0 Å². The van der Waals surface area contributed by atoms with Crippen molar-refractivity contribution >= 4 is 5.97 Å². The molecule has 0 saturated carbocycles. The fourth-order valence-corrected chi connectivity index (χ4v) is 1.20. The average molecular weight is 219 g/mol. The van der Waals surface area contributed by atoms with Crippen molar-refractivity contribution in [1.29, 1.82) is 5.26 Å². The summed E-state index contributed by atoms with van der Waals surface area (Å²) < 4.78 is 9.94. The number of esters is 1. The molecule has 1 aromatic carbocycles. The lowest BCUT2D eigenvalue weighted by Crippen LogP contribution is -2.03. The summed E-state index contributed by atoms with van der Waals surface area (Å²) in [4.78, 5) is 11.2. The topological polar surface area (TPSA) is 59.3 Å². The molecule has 0 unspecified atom stereocenters. The fraction of sp³-hybridized carbons (Fsp3) is 0.333. The van der Waals surface area contributed by atoms with E-state index in [2.05, 4.69) is 4.74 Å². The number of hydrogen-bond donors (Lipinski definition) is 0. The molecular weight excluding hydrogens is 206 g/mol. The van der Waals surface area contributed by atoms with Crippen LogP contribution in [0.25, 0.3) is 0 Å². The predicted molar refractivity (Wildman–Crippen MR) is 58.3 cm³/mol. The second kappa shape index (κ2) is 5.76. The lowest BCUT2D eigenvalue weighted by atomic mass is 10.1. The van der Waals surface area contributed by atoms with E-state index in [9.17, 15) is 4.79 Å². The molecule has 0 atom stereocenters. The van der Waals surface area contributed by atoms with Gasteiger partial charge in [0.25, 0.3) is 0 Å². The Bertz CT molecular complexity index is 421. The zero-order valence-electron chi connectivity index (χ0n) is 9.32. The lowest BCUT2D eigenvalue weighted by molar-refractivity contribution is 0.0600. The molecule has 0 amide bonds. The molecule has 0 aliphatic rings. The SMILES string of the molecule is CCCOc1ccc(C(=O)OC)cc1C#N. The quantitative estimate of drug-likeness (QED) is 0.728. The first kappa shape index (κ1) is 12.1. The highest BCUT2D eigenvalue weighted by molar-refractivity contribution is 5.90. The molecule has 1 rings (SSSR count). The zero-order valence-corrected chi connectivity index (χ0v) is 9.32. The van der Waals surface area contributed by atoms with E-state index in [-0.39, 0.29) is 0 Å². The number of benzene rings is 1. The molecule has 16 heavy (non-hydrogen) atoms. The van der Waals surface area contributed by atoms with Crippen LogP contribution >= 0.6 is 0 Å². The Kier molecular flexibility index (Phi) is 4.34. The van der Waals surface area contributed by atoms with Crippen LogP contribution in [0.5, 0.6) is 5.75 Å². The normalized spacial score (nSPS) is 9.31. The first-order valence-electron chi connectivity index (χ1n) is 4.98. The molecule has 1 aromatic rings. The zero-order chi connectivity index (χ0) is 12.0. The van der Waals surface area contributed by atoms with Crippen LogP contribution in [0.2, 0.25) is 0 Å². The van der Waals surface area contributed by atoms with Crippen LogP contribution in [0, 0.1) is 11.3 Å². The number of rotatable bonds is 4. The van der Waals surface area contributed by atoms with E-state index in [1.807, 2.05) is 13.0 Å². The Morgan fingerprint density at radius 3 is 2.81 bits per heavy atom. The fourth-order valence-electron chi connectivity index (χ4n) is 1.20. The summed E-state index contributed by atoms with van der Waals surface area (Å²) in [7, 11) is 1.30. The molecule has 0 aromatic heterocycles. The number of nitrogens with zero attached hydrogens (tertiary/aromatic N) is 1. The first-order chi connectivity index (χ1) is 7.72. The molecule has 84 valence electrons. The highest BCUT2D eigenvalue weighted by atomic mass is 16.5. The largest absolute Gasteiger partial charge is 0.492 e. The van der Waals surface area contributed by atoms with Crippen molar-refractivity contribution in [2.45, 2.75) is 13.3 Å². The Morgan fingerprint density at radius 1 is 1.50 bits per heavy atom. The van der Waals surface area contributed by atoms with Crippen LogP contribution in [0.4, 0.5) is 0 Å². The monoisotopic (exact) mass is 219 g/mol. The molecule has 4 nitrogen and oxygen atoms in total. The number of ether oxygens (including phenoxy) is 2. The Balaban J connectivity index is 2.98. The first-order valence-corrected chi connectivity index (χ1v) is 4.98. The van der Waals surface area contributed by atoms with Gasteiger partial charge in [0, 0.05) is 0 Å². The van der Waals surface area contributed by atoms with Gasteiger partial charge in [0.1, 0.15) is 11.8 Å². The minimum atomic E-state index is -0.460. The van der Waals surface area contributed by atoms with Gasteiger partial charge in [0.15, 0.2) is 0 Å². The molecule has 4 heteroatoms. The molecule has 0 fully saturated rings. The second-order valence-corrected chi connectivity index (χ2v) is 3.16. The van der Waals surface area contributed by atoms with Gasteiger partial charge in [-0.25, -0.2) is 4.79 Å². The van der Waals surface area contributed by atoms with E-state index < -0.39 is 5.97 Å². The number of methoxy groups -OCH3 is 1. The lowest BCUT2D eigenvalue weighted by Gasteiger charge is -2.07. The summed E-state index contributed by atoms with van der Waals surface area (Å²) in [6, 6.07) is 6.65. The van der Waals surface area contributed by atoms with Gasteiger partial charge in [-0.15, -0.1) is 0 Å². The molecule has 0 N–H and O–H groups in total. The van der Waals surface area contributed by atoms with Crippen LogP contribution in [-0.4, -0.2) is 19.7 Å². The molecule has 0 spiro atoms. The van der Waals surface area contributed by atoms with E-state index in [0.717, 1.165) is 6.42 Å². The average Bonchev–Trinajstić information content (AvgIpc) is 2.35. The summed E-state index contributed by atoms with van der Waals surface area (Å²) in [6.07, 6.45) is 0.865. The maximum absolute atomic E-state index is 11.2. The second-order valence-electron chi connectivity index (χ2n) is 3.16. The molecule has 0 bridgehead atoms. The minimum Gasteiger partial charge on any atom is -0.492 e. The summed E-state index contributed by atoms with van der Waals surface area (Å²) >= 11 is 0. The maximum Gasteiger partial charge on any atom is 0.337 e. The molecule has 0 aliphatic heterocycles. The van der Waals surface area contributed by atoms with E-state index >= 15 is 0 Å². The van der Waals surface area contributed by atoms with Crippen molar-refractivity contribution in [1.82, 2.24) is 0 Å². The van der Waals surface area contributed by atoms with Crippen LogP contribution in [-0.2, 0) is 4.74 Å². The smallest absolute Gasteiger partial charge is 0.337 e. The van der Waals surface area contributed by atoms with Gasteiger partial charge in [-0.1, -0.05) is 6.92 Å². The standard InChI is InChI=1S/C12H13NO3/c1-3-6-16-11-5-4-9(12(14)15-2)7-10(11)8-13/h4-5,7H,3,6H2,1-2H3. The van der Waals surface area contributed by atoms with Gasteiger partial charge >= 0.3 is 5.97 Å². The maximum atomic E-state index is 11.2. The third-order valence-corrected chi connectivity index (χ3v) is 1.98. The summed E-state index contributed by atoms with van der Waals surface area (Å²) in [6.45, 7) is 2.53. The number of carbonyl (C=O) groups excluding carboxylic acids is 1. The Morgan fingerprint density at radius 2 is 2.25 bits per heavy atom. The van der Waals surface area contributed by atoms with Gasteiger partial charge in [0.2, 0.25) is 0 Å². The number of hydrogen-bond acceptors (Lipinski definition) is 4. The van der Waals surface area contributed by atoms with E-state index in [1.165, 1.54) is 13.2 Å². The highest BCUT2D eigenvalue weighted by Gasteiger charge is 2.10. The molecule has 0 aliphatic carbocycles. The van der Waals surface area contributed by atoms with Crippen molar-refractivity contribution in [3.8, 4) is 11.8 Å². The molecule has 0 saturated heterocycles. The third-order valence-electron chi connectivity index (χ3n) is 1.98. The highest BCUT2D eigenvalue weighted by Crippen LogP contribution is 2.19. The van der Waals surface area contributed by atoms with Crippen molar-refractivity contribution < 1.29 is 14.3 Å². The molecule has 0 radical (unpaired) electrons. The Hall–Kier alpha value is -2.02. The van der Waals surface area contributed by atoms with E-state index in [0.29, 0.717) is 23.5 Å². The van der Waals surface area contributed by atoms with Gasteiger partial charge < -0.3 is 9.47 Å². The summed E-state index contributed by atoms with van der Waals surface area (Å²) in [5.41, 5.74) is 0.694. The van der Waals surface area contributed by atoms with Crippen LogP contribution < -0.4 is 4.74 Å². The van der Waals surface area contributed by atoms with Crippen molar-refractivity contribution in [3.63, 3.8) is 0 Å². The van der Waals surface area contributed by atoms with E-state index in [4.69, 9.17) is 10.00 Å². The van der Waals surface area contributed by atoms with Crippen LogP contribution in [0.3, 0.4) is 0 Å². The van der Waals surface area contributed by atoms with Crippen molar-refractivity contribution in [2.75, 3.05) is 13.7 Å². The third kappa shape index (κ3) is 2.74. The molecular formula is C12H13NO3. The summed E-state index contributed by atoms with van der Waals surface area (Å²) in [5.74, 6) is 0.0375. The van der Waals surface area contributed by atoms with Gasteiger partial charge in [-0.2, -0.15) is 5.26 Å². The van der Waals surface area contributed by atoms with Crippen molar-refractivity contribution in [3.05, 3.63) is 29.3 Å². The van der Waals surface area contributed by atoms with Crippen LogP contribution in [0.15, 0.2) is 18.2 Å². The summed E-state index contributed by atoms with van der Waals surface area (Å²) in [5, 5.41) is 8.91. The van der Waals surface area contributed by atoms with E-state index in [1.54, 1.807) is 12.1 Å². The predicted octanol–water partition coefficient (Wildman–Crippen LogP) is 2.13. The Labute approximate surface area is 94.4 Å². The minimum absolute atomic E-state index is 0.344. The van der Waals surface area contributed by atoms with Gasteiger partial charge in [0.05, 0.1) is 24.8 Å². The van der Waals surface area contributed by atoms with Gasteiger partial charge in [-0.3, -0.25) is 0 Å².